The number of aliphatic carboxylic acids is 1. The smallest absolute Gasteiger partial charge is 0.310 e. The van der Waals surface area contributed by atoms with Crippen molar-refractivity contribution in [3.8, 4) is 0 Å². The molecule has 100 valence electrons. The number of likely N-dealkylation sites (tertiary alicyclic amines) is 1. The molecule has 0 aromatic rings. The molecule has 1 saturated heterocycles. The van der Waals surface area contributed by atoms with Crippen molar-refractivity contribution in [2.45, 2.75) is 39.5 Å². The second kappa shape index (κ2) is 7.27. The molecule has 1 fully saturated rings. The van der Waals surface area contributed by atoms with Crippen molar-refractivity contribution in [3.05, 3.63) is 0 Å². The highest BCUT2D eigenvalue weighted by molar-refractivity contribution is 7.99. The third-order valence-corrected chi connectivity index (χ3v) is 4.74. The zero-order valence-corrected chi connectivity index (χ0v) is 11.9. The van der Waals surface area contributed by atoms with Crippen LogP contribution in [0.15, 0.2) is 0 Å². The molecular formula is C13H25NO2S. The van der Waals surface area contributed by atoms with Gasteiger partial charge in [-0.15, -0.1) is 0 Å². The van der Waals surface area contributed by atoms with Gasteiger partial charge in [0, 0.05) is 6.54 Å². The van der Waals surface area contributed by atoms with Crippen molar-refractivity contribution < 1.29 is 9.90 Å². The van der Waals surface area contributed by atoms with E-state index in [2.05, 4.69) is 11.8 Å². The van der Waals surface area contributed by atoms with Crippen molar-refractivity contribution in [2.75, 3.05) is 31.1 Å². The van der Waals surface area contributed by atoms with Crippen LogP contribution in [0.4, 0.5) is 0 Å². The molecule has 0 radical (unpaired) electrons. The number of carboxylic acid groups (broad SMARTS) is 1. The molecular weight excluding hydrogens is 234 g/mol. The highest BCUT2D eigenvalue weighted by atomic mass is 32.2. The van der Waals surface area contributed by atoms with Gasteiger partial charge in [-0.25, -0.2) is 0 Å². The zero-order valence-electron chi connectivity index (χ0n) is 11.1. The van der Waals surface area contributed by atoms with Gasteiger partial charge in [0.15, 0.2) is 0 Å². The van der Waals surface area contributed by atoms with Crippen LogP contribution in [0, 0.1) is 5.41 Å². The summed E-state index contributed by atoms with van der Waals surface area (Å²) in [6.45, 7) is 7.06. The molecule has 1 heterocycles. The van der Waals surface area contributed by atoms with E-state index < -0.39 is 11.4 Å². The molecule has 0 saturated carbocycles. The van der Waals surface area contributed by atoms with Crippen molar-refractivity contribution in [2.24, 2.45) is 5.41 Å². The van der Waals surface area contributed by atoms with Crippen LogP contribution in [-0.2, 0) is 4.79 Å². The first-order chi connectivity index (χ1) is 8.14. The van der Waals surface area contributed by atoms with E-state index in [0.29, 0.717) is 0 Å². The van der Waals surface area contributed by atoms with Crippen LogP contribution in [0.5, 0.6) is 0 Å². The molecule has 0 bridgehead atoms. The molecule has 1 rings (SSSR count). The highest BCUT2D eigenvalue weighted by Gasteiger charge is 2.40. The van der Waals surface area contributed by atoms with Crippen molar-refractivity contribution in [1.82, 2.24) is 4.90 Å². The maximum atomic E-state index is 11.4. The molecule has 1 N–H and O–H groups in total. The zero-order chi connectivity index (χ0) is 12.7. The minimum Gasteiger partial charge on any atom is -0.481 e. The first-order valence-electron chi connectivity index (χ1n) is 6.68. The van der Waals surface area contributed by atoms with Gasteiger partial charge in [-0.1, -0.05) is 13.8 Å². The van der Waals surface area contributed by atoms with Crippen LogP contribution in [-0.4, -0.2) is 47.1 Å². The lowest BCUT2D eigenvalue weighted by atomic mass is 9.77. The molecule has 0 aliphatic carbocycles. The monoisotopic (exact) mass is 259 g/mol. The molecule has 1 aliphatic rings. The van der Waals surface area contributed by atoms with E-state index in [1.54, 1.807) is 0 Å². The number of hydrogen-bond donors (Lipinski definition) is 1. The number of nitrogens with zero attached hydrogens (tertiary/aromatic N) is 1. The standard InChI is InChI=1S/C13H25NO2S/c1-3-13(12(15)16)7-5-8-14(11-13)9-6-10-17-4-2/h3-11H2,1-2H3,(H,15,16). The summed E-state index contributed by atoms with van der Waals surface area (Å²) in [7, 11) is 0. The van der Waals surface area contributed by atoms with Crippen molar-refractivity contribution >= 4 is 17.7 Å². The molecule has 1 aliphatic heterocycles. The Bertz CT molecular complexity index is 248. The predicted molar refractivity (Wildman–Crippen MR) is 73.6 cm³/mol. The van der Waals surface area contributed by atoms with Gasteiger partial charge in [0.05, 0.1) is 5.41 Å². The van der Waals surface area contributed by atoms with Crippen LogP contribution in [0.2, 0.25) is 0 Å². The third kappa shape index (κ3) is 4.18. The largest absolute Gasteiger partial charge is 0.481 e. The van der Waals surface area contributed by atoms with Gasteiger partial charge in [0.1, 0.15) is 0 Å². The van der Waals surface area contributed by atoms with E-state index in [1.165, 1.54) is 17.9 Å². The van der Waals surface area contributed by atoms with Crippen LogP contribution >= 0.6 is 11.8 Å². The van der Waals surface area contributed by atoms with Crippen LogP contribution < -0.4 is 0 Å². The summed E-state index contributed by atoms with van der Waals surface area (Å²) in [6, 6.07) is 0. The Hall–Kier alpha value is -0.220. The van der Waals surface area contributed by atoms with E-state index in [9.17, 15) is 9.90 Å². The number of rotatable bonds is 7. The van der Waals surface area contributed by atoms with E-state index in [0.717, 1.165) is 38.9 Å². The first kappa shape index (κ1) is 14.8. The van der Waals surface area contributed by atoms with Crippen molar-refractivity contribution in [3.63, 3.8) is 0 Å². The maximum Gasteiger partial charge on any atom is 0.310 e. The average Bonchev–Trinajstić information content (AvgIpc) is 2.34. The lowest BCUT2D eigenvalue weighted by molar-refractivity contribution is -0.152. The second-order valence-corrected chi connectivity index (χ2v) is 6.26. The third-order valence-electron chi connectivity index (χ3n) is 3.75. The Balaban J connectivity index is 2.40. The summed E-state index contributed by atoms with van der Waals surface area (Å²) in [5.74, 6) is 1.76. The van der Waals surface area contributed by atoms with Gasteiger partial charge in [-0.3, -0.25) is 4.79 Å². The average molecular weight is 259 g/mol. The topological polar surface area (TPSA) is 40.5 Å². The molecule has 4 heteroatoms. The van der Waals surface area contributed by atoms with Crippen LogP contribution in [0.25, 0.3) is 0 Å². The minimum atomic E-state index is -0.604. The van der Waals surface area contributed by atoms with E-state index >= 15 is 0 Å². The number of hydrogen-bond acceptors (Lipinski definition) is 3. The highest BCUT2D eigenvalue weighted by Crippen LogP contribution is 2.33. The molecule has 0 aromatic carbocycles. The normalized spacial score (nSPS) is 26.0. The number of carboxylic acids is 1. The summed E-state index contributed by atoms with van der Waals surface area (Å²) >= 11 is 1.97. The Labute approximate surface area is 109 Å². The molecule has 0 aromatic heterocycles. The fourth-order valence-corrected chi connectivity index (χ4v) is 3.19. The predicted octanol–water partition coefficient (Wildman–Crippen LogP) is 2.71. The quantitative estimate of drug-likeness (QED) is 0.714. The summed E-state index contributed by atoms with van der Waals surface area (Å²) < 4.78 is 0. The fourth-order valence-electron chi connectivity index (χ4n) is 2.57. The molecule has 0 spiro atoms. The second-order valence-electron chi connectivity index (χ2n) is 4.87. The molecule has 1 unspecified atom stereocenters. The van der Waals surface area contributed by atoms with Gasteiger partial charge in [-0.05, 0) is 50.3 Å². The Morgan fingerprint density at radius 2 is 2.24 bits per heavy atom. The summed E-state index contributed by atoms with van der Waals surface area (Å²) in [6.07, 6.45) is 3.81. The number of piperidine rings is 1. The number of carbonyl (C=O) groups is 1. The van der Waals surface area contributed by atoms with Gasteiger partial charge < -0.3 is 10.0 Å². The van der Waals surface area contributed by atoms with Gasteiger partial charge in [0.2, 0.25) is 0 Å². The maximum absolute atomic E-state index is 11.4. The summed E-state index contributed by atoms with van der Waals surface area (Å²) in [5.41, 5.74) is -0.476. The van der Waals surface area contributed by atoms with Crippen LogP contribution in [0.3, 0.4) is 0 Å². The summed E-state index contributed by atoms with van der Waals surface area (Å²) in [4.78, 5) is 13.7. The lowest BCUT2D eigenvalue weighted by Gasteiger charge is -2.39. The Kier molecular flexibility index (Phi) is 6.34. The molecule has 3 nitrogen and oxygen atoms in total. The molecule has 17 heavy (non-hydrogen) atoms. The van der Waals surface area contributed by atoms with Gasteiger partial charge in [-0.2, -0.15) is 11.8 Å². The van der Waals surface area contributed by atoms with E-state index in [-0.39, 0.29) is 0 Å². The molecule has 1 atom stereocenters. The van der Waals surface area contributed by atoms with E-state index in [4.69, 9.17) is 0 Å². The molecule has 0 amide bonds. The van der Waals surface area contributed by atoms with Crippen LogP contribution in [0.1, 0.15) is 39.5 Å². The van der Waals surface area contributed by atoms with Gasteiger partial charge >= 0.3 is 5.97 Å². The van der Waals surface area contributed by atoms with E-state index in [1.807, 2.05) is 18.7 Å². The fraction of sp³-hybridized carbons (Fsp3) is 0.923. The Morgan fingerprint density at radius 1 is 1.47 bits per heavy atom. The SMILES string of the molecule is CCSCCCN1CCCC(CC)(C(=O)O)C1. The summed E-state index contributed by atoms with van der Waals surface area (Å²) in [5, 5.41) is 9.39. The lowest BCUT2D eigenvalue weighted by Crippen LogP contribution is -2.47. The Morgan fingerprint density at radius 3 is 2.82 bits per heavy atom. The van der Waals surface area contributed by atoms with Gasteiger partial charge in [0.25, 0.3) is 0 Å². The first-order valence-corrected chi connectivity index (χ1v) is 7.83. The van der Waals surface area contributed by atoms with Crippen molar-refractivity contribution in [1.29, 1.82) is 0 Å². The number of thioether (sulfide) groups is 1. The minimum absolute atomic E-state index is 0.476.